The van der Waals surface area contributed by atoms with E-state index < -0.39 is 0 Å². The SMILES string of the molecule is Cc1ccc(-c2ccccc2)nc1Cl. The van der Waals surface area contributed by atoms with Crippen molar-refractivity contribution in [3.63, 3.8) is 0 Å². The first-order chi connectivity index (χ1) is 6.77. The van der Waals surface area contributed by atoms with Crippen LogP contribution in [-0.2, 0) is 0 Å². The van der Waals surface area contributed by atoms with Crippen LogP contribution in [0.5, 0.6) is 0 Å². The lowest BCUT2D eigenvalue weighted by Crippen LogP contribution is -1.85. The van der Waals surface area contributed by atoms with Crippen LogP contribution >= 0.6 is 11.6 Å². The van der Waals surface area contributed by atoms with Crippen LogP contribution in [0.25, 0.3) is 11.3 Å². The van der Waals surface area contributed by atoms with E-state index >= 15 is 0 Å². The first-order valence-corrected chi connectivity index (χ1v) is 4.84. The lowest BCUT2D eigenvalue weighted by Gasteiger charge is -2.02. The second kappa shape index (κ2) is 3.81. The summed E-state index contributed by atoms with van der Waals surface area (Å²) >= 11 is 5.95. The monoisotopic (exact) mass is 203 g/mol. The number of aromatic nitrogens is 1. The van der Waals surface area contributed by atoms with Gasteiger partial charge in [-0.05, 0) is 18.6 Å². The Hall–Kier alpha value is -1.34. The molecule has 2 heteroatoms. The summed E-state index contributed by atoms with van der Waals surface area (Å²) in [6, 6.07) is 14.0. The molecule has 0 saturated carbocycles. The van der Waals surface area contributed by atoms with Gasteiger partial charge in [0.2, 0.25) is 0 Å². The summed E-state index contributed by atoms with van der Waals surface area (Å²) in [5, 5.41) is 0.575. The number of rotatable bonds is 1. The van der Waals surface area contributed by atoms with Gasteiger partial charge in [0, 0.05) is 5.56 Å². The van der Waals surface area contributed by atoms with Gasteiger partial charge in [-0.1, -0.05) is 48.0 Å². The van der Waals surface area contributed by atoms with Crippen LogP contribution in [-0.4, -0.2) is 4.98 Å². The third-order valence-electron chi connectivity index (χ3n) is 2.10. The molecule has 0 radical (unpaired) electrons. The Balaban J connectivity index is 2.48. The maximum Gasteiger partial charge on any atom is 0.132 e. The summed E-state index contributed by atoms with van der Waals surface area (Å²) in [7, 11) is 0. The van der Waals surface area contributed by atoms with Gasteiger partial charge in [-0.25, -0.2) is 4.98 Å². The van der Waals surface area contributed by atoms with Gasteiger partial charge in [-0.15, -0.1) is 0 Å². The van der Waals surface area contributed by atoms with Crippen LogP contribution in [0.1, 0.15) is 5.56 Å². The first kappa shape index (κ1) is 9.22. The molecule has 0 spiro atoms. The molecule has 0 N–H and O–H groups in total. The van der Waals surface area contributed by atoms with Crippen molar-refractivity contribution in [3.05, 3.63) is 53.2 Å². The van der Waals surface area contributed by atoms with Gasteiger partial charge in [0.05, 0.1) is 5.69 Å². The van der Waals surface area contributed by atoms with Crippen molar-refractivity contribution in [2.24, 2.45) is 0 Å². The van der Waals surface area contributed by atoms with E-state index in [4.69, 9.17) is 11.6 Å². The van der Waals surface area contributed by atoms with Gasteiger partial charge in [0.15, 0.2) is 0 Å². The largest absolute Gasteiger partial charge is 0.236 e. The summed E-state index contributed by atoms with van der Waals surface area (Å²) < 4.78 is 0. The molecule has 0 aliphatic heterocycles. The van der Waals surface area contributed by atoms with Crippen molar-refractivity contribution in [3.8, 4) is 11.3 Å². The number of hydrogen-bond acceptors (Lipinski definition) is 1. The van der Waals surface area contributed by atoms with E-state index in [-0.39, 0.29) is 0 Å². The second-order valence-electron chi connectivity index (χ2n) is 3.17. The summed E-state index contributed by atoms with van der Waals surface area (Å²) in [5.41, 5.74) is 3.02. The molecule has 0 aliphatic rings. The highest BCUT2D eigenvalue weighted by Crippen LogP contribution is 2.20. The summed E-state index contributed by atoms with van der Waals surface area (Å²) in [5.74, 6) is 0. The highest BCUT2D eigenvalue weighted by atomic mass is 35.5. The molecule has 1 heterocycles. The van der Waals surface area contributed by atoms with E-state index in [0.717, 1.165) is 16.8 Å². The molecule has 0 atom stereocenters. The fourth-order valence-electron chi connectivity index (χ4n) is 1.27. The molecule has 14 heavy (non-hydrogen) atoms. The zero-order chi connectivity index (χ0) is 9.97. The minimum Gasteiger partial charge on any atom is -0.236 e. The molecule has 1 nitrogen and oxygen atoms in total. The zero-order valence-corrected chi connectivity index (χ0v) is 8.62. The Kier molecular flexibility index (Phi) is 2.51. The fourth-order valence-corrected chi connectivity index (χ4v) is 1.43. The van der Waals surface area contributed by atoms with Crippen LogP contribution in [0, 0.1) is 6.92 Å². The van der Waals surface area contributed by atoms with E-state index in [2.05, 4.69) is 4.98 Å². The lowest BCUT2D eigenvalue weighted by molar-refractivity contribution is 1.27. The Bertz CT molecular complexity index is 437. The molecule has 0 bridgehead atoms. The average molecular weight is 204 g/mol. The quantitative estimate of drug-likeness (QED) is 0.644. The van der Waals surface area contributed by atoms with Crippen molar-refractivity contribution in [2.75, 3.05) is 0 Å². The topological polar surface area (TPSA) is 12.9 Å². The average Bonchev–Trinajstić information content (AvgIpc) is 2.23. The Morgan fingerprint density at radius 3 is 2.36 bits per heavy atom. The minimum absolute atomic E-state index is 0.575. The minimum atomic E-state index is 0.575. The van der Waals surface area contributed by atoms with E-state index in [1.165, 1.54) is 0 Å². The molecule has 1 aromatic heterocycles. The van der Waals surface area contributed by atoms with E-state index in [0.29, 0.717) is 5.15 Å². The Labute approximate surface area is 88.4 Å². The van der Waals surface area contributed by atoms with Gasteiger partial charge in [-0.3, -0.25) is 0 Å². The van der Waals surface area contributed by atoms with Gasteiger partial charge in [0.1, 0.15) is 5.15 Å². The number of benzene rings is 1. The predicted octanol–water partition coefficient (Wildman–Crippen LogP) is 3.71. The van der Waals surface area contributed by atoms with Crippen LogP contribution < -0.4 is 0 Å². The number of halogens is 1. The fraction of sp³-hybridized carbons (Fsp3) is 0.0833. The maximum atomic E-state index is 5.95. The maximum absolute atomic E-state index is 5.95. The number of pyridine rings is 1. The highest BCUT2D eigenvalue weighted by molar-refractivity contribution is 6.30. The van der Waals surface area contributed by atoms with Crippen molar-refractivity contribution in [1.29, 1.82) is 0 Å². The van der Waals surface area contributed by atoms with Crippen LogP contribution in [0.4, 0.5) is 0 Å². The smallest absolute Gasteiger partial charge is 0.132 e. The Morgan fingerprint density at radius 1 is 1.00 bits per heavy atom. The molecule has 70 valence electrons. The molecule has 0 aliphatic carbocycles. The zero-order valence-electron chi connectivity index (χ0n) is 7.87. The molecular formula is C12H10ClN. The van der Waals surface area contributed by atoms with Crippen LogP contribution in [0.2, 0.25) is 5.15 Å². The summed E-state index contributed by atoms with van der Waals surface area (Å²) in [6.07, 6.45) is 0. The molecule has 2 rings (SSSR count). The number of aryl methyl sites for hydroxylation is 1. The van der Waals surface area contributed by atoms with Crippen molar-refractivity contribution >= 4 is 11.6 Å². The van der Waals surface area contributed by atoms with Crippen molar-refractivity contribution in [1.82, 2.24) is 4.98 Å². The third kappa shape index (κ3) is 1.78. The summed E-state index contributed by atoms with van der Waals surface area (Å²) in [4.78, 5) is 4.31. The second-order valence-corrected chi connectivity index (χ2v) is 3.53. The van der Waals surface area contributed by atoms with E-state index in [9.17, 15) is 0 Å². The Morgan fingerprint density at radius 2 is 1.71 bits per heavy atom. The van der Waals surface area contributed by atoms with Gasteiger partial charge < -0.3 is 0 Å². The van der Waals surface area contributed by atoms with Crippen molar-refractivity contribution in [2.45, 2.75) is 6.92 Å². The van der Waals surface area contributed by atoms with Crippen LogP contribution in [0.15, 0.2) is 42.5 Å². The molecular weight excluding hydrogens is 194 g/mol. The summed E-state index contributed by atoms with van der Waals surface area (Å²) in [6.45, 7) is 1.95. The molecule has 0 amide bonds. The van der Waals surface area contributed by atoms with Gasteiger partial charge >= 0.3 is 0 Å². The normalized spacial score (nSPS) is 10.1. The highest BCUT2D eigenvalue weighted by Gasteiger charge is 2.00. The molecule has 0 saturated heterocycles. The number of nitrogens with zero attached hydrogens (tertiary/aromatic N) is 1. The van der Waals surface area contributed by atoms with Gasteiger partial charge in [-0.2, -0.15) is 0 Å². The number of hydrogen-bond donors (Lipinski definition) is 0. The predicted molar refractivity (Wildman–Crippen MR) is 59.4 cm³/mol. The van der Waals surface area contributed by atoms with E-state index in [1.807, 2.05) is 49.4 Å². The first-order valence-electron chi connectivity index (χ1n) is 4.46. The van der Waals surface area contributed by atoms with Gasteiger partial charge in [0.25, 0.3) is 0 Å². The molecule has 0 unspecified atom stereocenters. The lowest BCUT2D eigenvalue weighted by atomic mass is 10.1. The molecule has 1 aromatic carbocycles. The standard InChI is InChI=1S/C12H10ClN/c1-9-7-8-11(14-12(9)13)10-5-3-2-4-6-10/h2-8H,1H3. The van der Waals surface area contributed by atoms with Crippen molar-refractivity contribution < 1.29 is 0 Å². The third-order valence-corrected chi connectivity index (χ3v) is 2.49. The van der Waals surface area contributed by atoms with Crippen LogP contribution in [0.3, 0.4) is 0 Å². The molecule has 0 fully saturated rings. The van der Waals surface area contributed by atoms with E-state index in [1.54, 1.807) is 0 Å². The molecule has 2 aromatic rings.